The van der Waals surface area contributed by atoms with E-state index in [4.69, 9.17) is 9.47 Å². The lowest BCUT2D eigenvalue weighted by molar-refractivity contribution is -0.131. The molecule has 6 nitrogen and oxygen atoms in total. The van der Waals surface area contributed by atoms with Gasteiger partial charge in [0.25, 0.3) is 11.8 Å². The lowest BCUT2D eigenvalue weighted by Gasteiger charge is -2.16. The first-order valence-electron chi connectivity index (χ1n) is 10.0. The number of ether oxygens (including phenoxy) is 2. The maximum atomic E-state index is 12.0. The molecular formula is C23H29BrN2O4. The summed E-state index contributed by atoms with van der Waals surface area (Å²) in [5, 5.41) is 0. The van der Waals surface area contributed by atoms with Crippen molar-refractivity contribution in [3.05, 3.63) is 58.1 Å². The second kappa shape index (κ2) is 11.6. The van der Waals surface area contributed by atoms with Crippen LogP contribution in [0.5, 0.6) is 11.5 Å². The quantitative estimate of drug-likeness (QED) is 0.514. The Morgan fingerprint density at radius 2 is 1.47 bits per heavy atom. The van der Waals surface area contributed by atoms with Crippen molar-refractivity contribution in [2.75, 3.05) is 13.2 Å². The molecule has 0 saturated carbocycles. The normalized spacial score (nSPS) is 11.7. The van der Waals surface area contributed by atoms with Gasteiger partial charge in [-0.2, -0.15) is 0 Å². The topological polar surface area (TPSA) is 76.7 Å². The first-order valence-corrected chi connectivity index (χ1v) is 10.8. The highest BCUT2D eigenvalue weighted by atomic mass is 79.9. The molecule has 0 radical (unpaired) electrons. The largest absolute Gasteiger partial charge is 0.483 e. The van der Waals surface area contributed by atoms with Crippen LogP contribution >= 0.6 is 15.9 Å². The molecule has 7 heteroatoms. The van der Waals surface area contributed by atoms with Gasteiger partial charge >= 0.3 is 0 Å². The maximum Gasteiger partial charge on any atom is 0.276 e. The molecule has 2 aromatic rings. The summed E-state index contributed by atoms with van der Waals surface area (Å²) in [6.07, 6.45) is 0.972. The molecule has 0 fully saturated rings. The zero-order valence-corrected chi connectivity index (χ0v) is 19.4. The highest BCUT2D eigenvalue weighted by Crippen LogP contribution is 2.30. The van der Waals surface area contributed by atoms with E-state index >= 15 is 0 Å². The smallest absolute Gasteiger partial charge is 0.276 e. The van der Waals surface area contributed by atoms with Gasteiger partial charge in [0.1, 0.15) is 11.5 Å². The van der Waals surface area contributed by atoms with Crippen molar-refractivity contribution < 1.29 is 19.1 Å². The molecule has 30 heavy (non-hydrogen) atoms. The van der Waals surface area contributed by atoms with E-state index in [0.717, 1.165) is 22.0 Å². The fraction of sp³-hybridized carbons (Fsp3) is 0.391. The Labute approximate surface area is 186 Å². The van der Waals surface area contributed by atoms with E-state index in [-0.39, 0.29) is 19.1 Å². The number of hydrogen-bond acceptors (Lipinski definition) is 4. The highest BCUT2D eigenvalue weighted by Gasteiger charge is 2.13. The lowest BCUT2D eigenvalue weighted by atomic mass is 9.98. The molecule has 0 aliphatic rings. The molecule has 2 rings (SSSR count). The Morgan fingerprint density at radius 3 is 2.03 bits per heavy atom. The van der Waals surface area contributed by atoms with Crippen LogP contribution in [0.25, 0.3) is 0 Å². The Hall–Kier alpha value is -2.54. The van der Waals surface area contributed by atoms with Crippen LogP contribution in [0.1, 0.15) is 57.1 Å². The summed E-state index contributed by atoms with van der Waals surface area (Å²) >= 11 is 3.44. The molecule has 162 valence electrons. The van der Waals surface area contributed by atoms with E-state index in [2.05, 4.69) is 40.6 Å². The van der Waals surface area contributed by atoms with Gasteiger partial charge in [0.2, 0.25) is 0 Å². The fourth-order valence-corrected chi connectivity index (χ4v) is 3.22. The van der Waals surface area contributed by atoms with Gasteiger partial charge in [0.05, 0.1) is 0 Å². The summed E-state index contributed by atoms with van der Waals surface area (Å²) in [4.78, 5) is 24.1. The van der Waals surface area contributed by atoms with Gasteiger partial charge < -0.3 is 9.47 Å². The summed E-state index contributed by atoms with van der Waals surface area (Å²) in [5.74, 6) is 0.980. The van der Waals surface area contributed by atoms with E-state index in [1.807, 2.05) is 56.3 Å². The number of carbonyl (C=O) groups excluding carboxylic acids is 2. The van der Waals surface area contributed by atoms with E-state index in [9.17, 15) is 9.59 Å². The third-order valence-corrected chi connectivity index (χ3v) is 5.21. The van der Waals surface area contributed by atoms with Crippen molar-refractivity contribution in [1.82, 2.24) is 10.9 Å². The van der Waals surface area contributed by atoms with Crippen molar-refractivity contribution in [2.24, 2.45) is 0 Å². The molecular weight excluding hydrogens is 448 g/mol. The third-order valence-electron chi connectivity index (χ3n) is 4.72. The average Bonchev–Trinajstić information content (AvgIpc) is 2.74. The predicted molar refractivity (Wildman–Crippen MR) is 121 cm³/mol. The minimum Gasteiger partial charge on any atom is -0.483 e. The Kier molecular flexibility index (Phi) is 9.17. The van der Waals surface area contributed by atoms with E-state index in [0.29, 0.717) is 17.4 Å². The van der Waals surface area contributed by atoms with Gasteiger partial charge in [-0.3, -0.25) is 20.4 Å². The van der Waals surface area contributed by atoms with Crippen LogP contribution in [-0.2, 0) is 9.59 Å². The second-order valence-corrected chi connectivity index (χ2v) is 8.27. The van der Waals surface area contributed by atoms with E-state index in [1.165, 1.54) is 0 Å². The molecule has 2 N–H and O–H groups in total. The van der Waals surface area contributed by atoms with Crippen LogP contribution in [0.3, 0.4) is 0 Å². The monoisotopic (exact) mass is 476 g/mol. The number of halogens is 1. The lowest BCUT2D eigenvalue weighted by Crippen LogP contribution is -2.45. The molecule has 1 unspecified atom stereocenters. The Balaban J connectivity index is 1.80. The number of rotatable bonds is 9. The molecule has 1 atom stereocenters. The van der Waals surface area contributed by atoms with Gasteiger partial charge in [0, 0.05) is 4.47 Å². The molecule has 0 aromatic heterocycles. The molecule has 0 heterocycles. The zero-order valence-electron chi connectivity index (χ0n) is 17.8. The molecule has 0 aliphatic heterocycles. The van der Waals surface area contributed by atoms with E-state index < -0.39 is 11.8 Å². The van der Waals surface area contributed by atoms with Gasteiger partial charge in [0.15, 0.2) is 13.2 Å². The Morgan fingerprint density at radius 1 is 0.900 bits per heavy atom. The number of nitrogens with one attached hydrogen (secondary N) is 2. The highest BCUT2D eigenvalue weighted by molar-refractivity contribution is 9.10. The van der Waals surface area contributed by atoms with Crippen LogP contribution < -0.4 is 20.3 Å². The number of hydrogen-bond donors (Lipinski definition) is 2. The van der Waals surface area contributed by atoms with Gasteiger partial charge in [-0.1, -0.05) is 61.8 Å². The summed E-state index contributed by atoms with van der Waals surface area (Å²) < 4.78 is 12.2. The minimum atomic E-state index is -0.457. The average molecular weight is 477 g/mol. The van der Waals surface area contributed by atoms with E-state index in [1.54, 1.807) is 0 Å². The van der Waals surface area contributed by atoms with Crippen LogP contribution in [0, 0.1) is 0 Å². The van der Waals surface area contributed by atoms with Crippen LogP contribution in [0.15, 0.2) is 46.9 Å². The van der Waals surface area contributed by atoms with Crippen LogP contribution in [0.2, 0.25) is 0 Å². The summed E-state index contributed by atoms with van der Waals surface area (Å²) in [6, 6.07) is 13.3. The zero-order chi connectivity index (χ0) is 22.1. The summed E-state index contributed by atoms with van der Waals surface area (Å²) in [6.45, 7) is 7.91. The number of benzene rings is 2. The molecule has 2 amide bonds. The molecule has 0 saturated heterocycles. The van der Waals surface area contributed by atoms with Crippen molar-refractivity contribution >= 4 is 27.7 Å². The SMILES string of the molecule is CCC(C)c1ccccc1OCC(=O)NNC(=O)COc1ccc(Br)cc1C(C)C. The van der Waals surface area contributed by atoms with Crippen molar-refractivity contribution in [3.8, 4) is 11.5 Å². The molecule has 0 bridgehead atoms. The number of carbonyl (C=O) groups is 2. The fourth-order valence-electron chi connectivity index (χ4n) is 2.84. The number of para-hydroxylation sites is 1. The van der Waals surface area contributed by atoms with Crippen LogP contribution in [0.4, 0.5) is 0 Å². The standard InChI is InChI=1S/C23H29BrN2O4/c1-5-16(4)18-8-6-7-9-20(18)29-13-22(27)25-26-23(28)14-30-21-11-10-17(24)12-19(21)15(2)3/h6-12,15-16H,5,13-14H2,1-4H3,(H,25,27)(H,26,28). The molecule has 2 aromatic carbocycles. The van der Waals surface area contributed by atoms with Crippen molar-refractivity contribution in [1.29, 1.82) is 0 Å². The van der Waals surface area contributed by atoms with Crippen molar-refractivity contribution in [2.45, 2.75) is 46.0 Å². The third kappa shape index (κ3) is 7.06. The maximum absolute atomic E-state index is 12.0. The second-order valence-electron chi connectivity index (χ2n) is 7.36. The van der Waals surface area contributed by atoms with Crippen LogP contribution in [-0.4, -0.2) is 25.0 Å². The van der Waals surface area contributed by atoms with Crippen molar-refractivity contribution in [3.63, 3.8) is 0 Å². The molecule has 0 spiro atoms. The Bertz CT molecular complexity index is 870. The number of hydrazine groups is 1. The summed E-state index contributed by atoms with van der Waals surface area (Å²) in [7, 11) is 0. The number of amides is 2. The first kappa shape index (κ1) is 23.7. The predicted octanol–water partition coefficient (Wildman–Crippen LogP) is 4.69. The van der Waals surface area contributed by atoms with Gasteiger partial charge in [-0.05, 0) is 53.6 Å². The van der Waals surface area contributed by atoms with Gasteiger partial charge in [-0.25, -0.2) is 0 Å². The van der Waals surface area contributed by atoms with Gasteiger partial charge in [-0.15, -0.1) is 0 Å². The minimum absolute atomic E-state index is 0.196. The molecule has 0 aliphatic carbocycles. The first-order chi connectivity index (χ1) is 14.3. The summed E-state index contributed by atoms with van der Waals surface area (Å²) in [5.41, 5.74) is 6.74.